The van der Waals surface area contributed by atoms with E-state index in [1.54, 1.807) is 78.7 Å². The van der Waals surface area contributed by atoms with Gasteiger partial charge in [-0.3, -0.25) is 23.8 Å². The number of benzene rings is 3. The van der Waals surface area contributed by atoms with Crippen molar-refractivity contribution in [3.63, 3.8) is 0 Å². The SMILES string of the molecule is C[n+]1noc(/N=C(\[O-])c2ccccc2)c1CN1C(=S)N(c2ccccc2)C(=O)C1CC(=O)Nc1ccc(C(N)=O)cc1. The molecule has 3 N–H and O–H groups in total. The largest absolute Gasteiger partial charge is 0.858 e. The third-order valence-electron chi connectivity index (χ3n) is 6.60. The van der Waals surface area contributed by atoms with Crippen molar-refractivity contribution in [3.05, 3.63) is 102 Å². The Kier molecular flexibility index (Phi) is 8.02. The van der Waals surface area contributed by atoms with E-state index in [1.807, 2.05) is 6.07 Å². The van der Waals surface area contributed by atoms with Gasteiger partial charge in [0.2, 0.25) is 17.1 Å². The molecule has 1 aliphatic heterocycles. The molecular weight excluding hydrogens is 558 g/mol. The van der Waals surface area contributed by atoms with Crippen molar-refractivity contribution in [3.8, 4) is 0 Å². The number of hydrogen-bond acceptors (Lipinski definition) is 8. The molecule has 4 aromatic rings. The van der Waals surface area contributed by atoms with Crippen LogP contribution in [-0.4, -0.2) is 44.9 Å². The molecule has 1 unspecified atom stereocenters. The Morgan fingerprint density at radius 3 is 2.33 bits per heavy atom. The molecule has 3 aromatic carbocycles. The van der Waals surface area contributed by atoms with E-state index in [0.717, 1.165) is 0 Å². The number of anilines is 2. The van der Waals surface area contributed by atoms with Gasteiger partial charge in [-0.05, 0) is 64.8 Å². The quantitative estimate of drug-likeness (QED) is 0.130. The maximum absolute atomic E-state index is 13.7. The highest BCUT2D eigenvalue weighted by molar-refractivity contribution is 7.80. The normalized spacial score (nSPS) is 15.3. The second-order valence-electron chi connectivity index (χ2n) is 9.36. The van der Waals surface area contributed by atoms with Gasteiger partial charge in [0.05, 0.1) is 12.1 Å². The Morgan fingerprint density at radius 1 is 1.05 bits per heavy atom. The molecule has 0 spiro atoms. The minimum atomic E-state index is -0.991. The minimum absolute atomic E-state index is 0.0277. The third kappa shape index (κ3) is 5.86. The summed E-state index contributed by atoms with van der Waals surface area (Å²) in [6.07, 6.45) is -0.246. The van der Waals surface area contributed by atoms with Crippen molar-refractivity contribution in [2.45, 2.75) is 19.0 Å². The molecule has 1 aromatic heterocycles. The molecule has 1 fully saturated rings. The summed E-state index contributed by atoms with van der Waals surface area (Å²) in [4.78, 5) is 45.3. The lowest BCUT2D eigenvalue weighted by Crippen LogP contribution is -2.42. The van der Waals surface area contributed by atoms with E-state index < -0.39 is 29.7 Å². The first-order chi connectivity index (χ1) is 20.2. The van der Waals surface area contributed by atoms with E-state index in [4.69, 9.17) is 22.5 Å². The van der Waals surface area contributed by atoms with Crippen molar-refractivity contribution < 1.29 is 28.7 Å². The summed E-state index contributed by atoms with van der Waals surface area (Å²) in [7, 11) is 1.61. The van der Waals surface area contributed by atoms with Crippen LogP contribution in [0.3, 0.4) is 0 Å². The van der Waals surface area contributed by atoms with E-state index in [1.165, 1.54) is 21.7 Å². The predicted molar refractivity (Wildman–Crippen MR) is 154 cm³/mol. The number of nitrogens with zero attached hydrogens (tertiary/aromatic N) is 5. The number of aryl methyl sites for hydroxylation is 1. The molecule has 2 heterocycles. The maximum Gasteiger partial charge on any atom is 0.325 e. The molecule has 0 saturated carbocycles. The first kappa shape index (κ1) is 28.1. The Bertz CT molecular complexity index is 1670. The van der Waals surface area contributed by atoms with Crippen molar-refractivity contribution >= 4 is 58.2 Å². The third-order valence-corrected chi connectivity index (χ3v) is 7.01. The second kappa shape index (κ2) is 12.0. The van der Waals surface area contributed by atoms with E-state index in [-0.39, 0.29) is 24.0 Å². The highest BCUT2D eigenvalue weighted by Crippen LogP contribution is 2.30. The Morgan fingerprint density at radius 2 is 1.69 bits per heavy atom. The molecule has 5 rings (SSSR count). The molecule has 3 amide bonds. The zero-order chi connectivity index (χ0) is 29.8. The van der Waals surface area contributed by atoms with E-state index in [9.17, 15) is 19.5 Å². The number of carbonyl (C=O) groups is 3. The molecule has 13 heteroatoms. The lowest BCUT2D eigenvalue weighted by molar-refractivity contribution is -0.746. The van der Waals surface area contributed by atoms with Crippen molar-refractivity contribution in [1.29, 1.82) is 0 Å². The van der Waals surface area contributed by atoms with Crippen LogP contribution in [0.2, 0.25) is 0 Å². The van der Waals surface area contributed by atoms with Crippen LogP contribution in [0.25, 0.3) is 0 Å². The number of para-hydroxylation sites is 1. The molecule has 0 radical (unpaired) electrons. The standard InChI is InChI=1S/C29H25N7O5S/c1-34-23(27(41-33-34)32-26(39)19-8-4-2-5-9-19)17-35-22(28(40)36(29(35)42)21-10-6-3-7-11-21)16-24(37)31-20-14-12-18(13-15-20)25(30)38/h2-15,22H,16-17H2,1H3,(H3-,30,31,32,33,37,38,39). The van der Waals surface area contributed by atoms with Gasteiger partial charge in [-0.1, -0.05) is 48.5 Å². The summed E-state index contributed by atoms with van der Waals surface area (Å²) in [6.45, 7) is -0.0277. The molecule has 1 atom stereocenters. The van der Waals surface area contributed by atoms with Gasteiger partial charge in [0, 0.05) is 11.3 Å². The van der Waals surface area contributed by atoms with Crippen LogP contribution in [0, 0.1) is 0 Å². The van der Waals surface area contributed by atoms with Crippen LogP contribution < -0.4 is 25.7 Å². The highest BCUT2D eigenvalue weighted by Gasteiger charge is 2.46. The lowest BCUT2D eigenvalue weighted by atomic mass is 10.1. The fourth-order valence-corrected chi connectivity index (χ4v) is 4.82. The summed E-state index contributed by atoms with van der Waals surface area (Å²) in [5.74, 6) is -2.02. The van der Waals surface area contributed by atoms with Gasteiger partial charge < -0.3 is 21.1 Å². The number of amides is 3. The van der Waals surface area contributed by atoms with Gasteiger partial charge in [0.1, 0.15) is 12.6 Å². The van der Waals surface area contributed by atoms with Crippen LogP contribution in [0.5, 0.6) is 0 Å². The number of rotatable bonds is 9. The summed E-state index contributed by atoms with van der Waals surface area (Å²) in [5, 5.41) is 19.6. The second-order valence-corrected chi connectivity index (χ2v) is 9.73. The van der Waals surface area contributed by atoms with Crippen LogP contribution in [0.1, 0.15) is 28.0 Å². The van der Waals surface area contributed by atoms with E-state index >= 15 is 0 Å². The van der Waals surface area contributed by atoms with Crippen LogP contribution >= 0.6 is 12.2 Å². The topological polar surface area (TPSA) is 161 Å². The molecule has 0 bridgehead atoms. The molecule has 212 valence electrons. The smallest absolute Gasteiger partial charge is 0.325 e. The van der Waals surface area contributed by atoms with Gasteiger partial charge in [-0.15, -0.1) is 0 Å². The van der Waals surface area contributed by atoms with E-state index in [2.05, 4.69) is 15.6 Å². The van der Waals surface area contributed by atoms with Gasteiger partial charge >= 0.3 is 5.88 Å². The number of nitrogens with two attached hydrogens (primary N) is 1. The number of hydrogen-bond donors (Lipinski definition) is 2. The van der Waals surface area contributed by atoms with Gasteiger partial charge in [-0.2, -0.15) is 0 Å². The predicted octanol–water partition coefficient (Wildman–Crippen LogP) is 1.57. The number of aliphatic imine (C=N–C) groups is 1. The van der Waals surface area contributed by atoms with Gasteiger partial charge in [-0.25, -0.2) is 4.99 Å². The number of aromatic nitrogens is 2. The Balaban J connectivity index is 1.43. The van der Waals surface area contributed by atoms with Gasteiger partial charge in [0.25, 0.3) is 11.6 Å². The van der Waals surface area contributed by atoms with Crippen LogP contribution in [0.15, 0.2) is 94.4 Å². The Labute approximate surface area is 245 Å². The summed E-state index contributed by atoms with van der Waals surface area (Å²) in [6, 6.07) is 22.4. The van der Waals surface area contributed by atoms with Crippen LogP contribution in [-0.2, 0) is 23.2 Å². The summed E-state index contributed by atoms with van der Waals surface area (Å²) in [5.41, 5.74) is 7.29. The number of thiocarbonyl (C=S) groups is 1. The fourth-order valence-electron chi connectivity index (χ4n) is 4.43. The number of carbonyl (C=O) groups excluding carboxylic acids is 3. The first-order valence-corrected chi connectivity index (χ1v) is 13.2. The van der Waals surface area contributed by atoms with Crippen LogP contribution in [0.4, 0.5) is 17.3 Å². The zero-order valence-corrected chi connectivity index (χ0v) is 23.2. The summed E-state index contributed by atoms with van der Waals surface area (Å²) < 4.78 is 6.73. The molecule has 0 aliphatic carbocycles. The van der Waals surface area contributed by atoms with Crippen molar-refractivity contribution in [2.24, 2.45) is 17.8 Å². The monoisotopic (exact) mass is 583 g/mol. The number of primary amides is 1. The van der Waals surface area contributed by atoms with Crippen molar-refractivity contribution in [2.75, 3.05) is 10.2 Å². The van der Waals surface area contributed by atoms with Gasteiger partial charge in [0.15, 0.2) is 12.2 Å². The lowest BCUT2D eigenvalue weighted by Gasteiger charge is -2.22. The van der Waals surface area contributed by atoms with Crippen molar-refractivity contribution in [1.82, 2.24) is 10.2 Å². The maximum atomic E-state index is 13.7. The molecule has 1 aliphatic rings. The molecule has 12 nitrogen and oxygen atoms in total. The average molecular weight is 584 g/mol. The number of nitrogens with one attached hydrogen (secondary N) is 1. The molecule has 1 saturated heterocycles. The van der Waals surface area contributed by atoms with E-state index in [0.29, 0.717) is 28.2 Å². The zero-order valence-electron chi connectivity index (χ0n) is 22.3. The fraction of sp³-hybridized carbons (Fsp3) is 0.138. The average Bonchev–Trinajstić information content (AvgIpc) is 3.44. The highest BCUT2D eigenvalue weighted by atomic mass is 32.1. The Hall–Kier alpha value is -5.43. The molecular formula is C29H25N7O5S. The summed E-state index contributed by atoms with van der Waals surface area (Å²) >= 11 is 5.74. The first-order valence-electron chi connectivity index (χ1n) is 12.8. The molecule has 42 heavy (non-hydrogen) atoms. The minimum Gasteiger partial charge on any atom is -0.858 e.